The van der Waals surface area contributed by atoms with Crippen LogP contribution in [-0.4, -0.2) is 36.1 Å². The number of nitrogens with zero attached hydrogens (tertiary/aromatic N) is 2. The fourth-order valence-corrected chi connectivity index (χ4v) is 3.05. The molecule has 4 heteroatoms. The molecule has 2 aliphatic heterocycles. The number of fused-ring (bicyclic) bond motifs is 1. The molecule has 1 aromatic rings. The van der Waals surface area contributed by atoms with E-state index in [2.05, 4.69) is 16.0 Å². The smallest absolute Gasteiger partial charge is 0.0939 e. The van der Waals surface area contributed by atoms with Gasteiger partial charge in [0, 0.05) is 24.7 Å². The Balaban J connectivity index is 1.52. The van der Waals surface area contributed by atoms with Crippen molar-refractivity contribution < 1.29 is 4.84 Å². The first-order valence-corrected chi connectivity index (χ1v) is 7.56. The molecule has 0 unspecified atom stereocenters. The van der Waals surface area contributed by atoms with Gasteiger partial charge < -0.3 is 4.90 Å². The minimum atomic E-state index is 0.649. The van der Waals surface area contributed by atoms with Gasteiger partial charge in [-0.3, -0.25) is 4.84 Å². The van der Waals surface area contributed by atoms with Crippen LogP contribution in [0.15, 0.2) is 18.2 Å². The minimum absolute atomic E-state index is 0.649. The van der Waals surface area contributed by atoms with Gasteiger partial charge in [-0.15, -0.1) is 0 Å². The van der Waals surface area contributed by atoms with Crippen LogP contribution in [0.1, 0.15) is 30.4 Å². The molecule has 0 radical (unpaired) electrons. The molecule has 3 nitrogen and oxygen atoms in total. The van der Waals surface area contributed by atoms with Crippen LogP contribution in [0.5, 0.6) is 0 Å². The number of hydrogen-bond donors (Lipinski definition) is 0. The lowest BCUT2D eigenvalue weighted by atomic mass is 10.1. The Morgan fingerprint density at radius 2 is 1.89 bits per heavy atom. The maximum absolute atomic E-state index is 6.00. The van der Waals surface area contributed by atoms with Crippen LogP contribution in [0.25, 0.3) is 0 Å². The molecule has 2 aliphatic rings. The van der Waals surface area contributed by atoms with Crippen molar-refractivity contribution in [3.05, 3.63) is 34.3 Å². The number of benzene rings is 1. The first-order valence-electron chi connectivity index (χ1n) is 7.19. The molecule has 0 atom stereocenters. The van der Waals surface area contributed by atoms with Crippen molar-refractivity contribution in [3.8, 4) is 0 Å². The van der Waals surface area contributed by atoms with Crippen LogP contribution in [0.3, 0.4) is 0 Å². The second kappa shape index (κ2) is 6.23. The average molecular weight is 281 g/mol. The molecular weight excluding hydrogens is 260 g/mol. The third-order valence-corrected chi connectivity index (χ3v) is 4.27. The van der Waals surface area contributed by atoms with Gasteiger partial charge in [-0.2, -0.15) is 5.06 Å². The number of halogens is 1. The van der Waals surface area contributed by atoms with Gasteiger partial charge in [0.1, 0.15) is 0 Å². The minimum Gasteiger partial charge on any atom is -0.302 e. The van der Waals surface area contributed by atoms with E-state index >= 15 is 0 Å². The van der Waals surface area contributed by atoms with Crippen molar-refractivity contribution in [2.24, 2.45) is 0 Å². The Kier molecular flexibility index (Phi) is 4.38. The molecule has 1 fully saturated rings. The maximum atomic E-state index is 6.00. The molecular formula is C15H21ClN2O. The zero-order chi connectivity index (χ0) is 13.1. The van der Waals surface area contributed by atoms with Gasteiger partial charge in [-0.25, -0.2) is 0 Å². The van der Waals surface area contributed by atoms with Crippen molar-refractivity contribution in [3.63, 3.8) is 0 Å². The lowest BCUT2D eigenvalue weighted by Gasteiger charge is -2.32. The molecule has 1 aromatic carbocycles. The SMILES string of the molecule is Clc1ccc2c(c1)CON(CCN1CCCCC1)C2. The van der Waals surface area contributed by atoms with Gasteiger partial charge in [0.2, 0.25) is 0 Å². The van der Waals surface area contributed by atoms with Crippen LogP contribution >= 0.6 is 11.6 Å². The molecule has 19 heavy (non-hydrogen) atoms. The Labute approximate surface area is 120 Å². The first kappa shape index (κ1) is 13.4. The van der Waals surface area contributed by atoms with Crippen LogP contribution in [0.2, 0.25) is 5.02 Å². The Bertz CT molecular complexity index is 432. The van der Waals surface area contributed by atoms with E-state index in [1.54, 1.807) is 0 Å². The van der Waals surface area contributed by atoms with Crippen LogP contribution in [0.4, 0.5) is 0 Å². The normalized spacial score (nSPS) is 21.3. The van der Waals surface area contributed by atoms with Crippen molar-refractivity contribution in [1.29, 1.82) is 0 Å². The second-order valence-electron chi connectivity index (χ2n) is 5.45. The highest BCUT2D eigenvalue weighted by atomic mass is 35.5. The summed E-state index contributed by atoms with van der Waals surface area (Å²) < 4.78 is 0. The number of hydroxylamine groups is 2. The molecule has 3 rings (SSSR count). The standard InChI is InChI=1S/C15H21ClN2O/c16-15-5-4-13-11-18(19-12-14(13)10-15)9-8-17-6-2-1-3-7-17/h4-5,10H,1-3,6-9,11-12H2. The topological polar surface area (TPSA) is 15.7 Å². The predicted octanol–water partition coefficient (Wildman–Crippen LogP) is 3.07. The van der Waals surface area contributed by atoms with Crippen LogP contribution < -0.4 is 0 Å². The van der Waals surface area contributed by atoms with Gasteiger partial charge >= 0.3 is 0 Å². The van der Waals surface area contributed by atoms with E-state index in [-0.39, 0.29) is 0 Å². The average Bonchev–Trinajstić information content (AvgIpc) is 2.46. The van der Waals surface area contributed by atoms with Gasteiger partial charge in [0.05, 0.1) is 6.61 Å². The molecule has 0 aromatic heterocycles. The van der Waals surface area contributed by atoms with Gasteiger partial charge in [-0.05, 0) is 49.2 Å². The molecule has 1 saturated heterocycles. The fourth-order valence-electron chi connectivity index (χ4n) is 2.86. The summed E-state index contributed by atoms with van der Waals surface area (Å²) in [4.78, 5) is 8.34. The molecule has 0 spiro atoms. The maximum Gasteiger partial charge on any atom is 0.0939 e. The number of piperidine rings is 1. The highest BCUT2D eigenvalue weighted by Crippen LogP contribution is 2.23. The summed E-state index contributed by atoms with van der Waals surface area (Å²) in [5.74, 6) is 0. The summed E-state index contributed by atoms with van der Waals surface area (Å²) in [5, 5.41) is 2.88. The first-order chi connectivity index (χ1) is 9.31. The van der Waals surface area contributed by atoms with Crippen molar-refractivity contribution in [2.75, 3.05) is 26.2 Å². The van der Waals surface area contributed by atoms with E-state index in [0.717, 1.165) is 24.7 Å². The summed E-state index contributed by atoms with van der Waals surface area (Å²) in [6.07, 6.45) is 4.09. The Hall–Kier alpha value is -0.610. The van der Waals surface area contributed by atoms with Gasteiger partial charge in [-0.1, -0.05) is 24.1 Å². The molecule has 0 N–H and O–H groups in total. The lowest BCUT2D eigenvalue weighted by Crippen LogP contribution is -2.38. The van der Waals surface area contributed by atoms with Crippen LogP contribution in [0, 0.1) is 0 Å². The van der Waals surface area contributed by atoms with E-state index < -0.39 is 0 Å². The zero-order valence-corrected chi connectivity index (χ0v) is 12.0. The lowest BCUT2D eigenvalue weighted by molar-refractivity contribution is -0.188. The molecule has 104 valence electrons. The predicted molar refractivity (Wildman–Crippen MR) is 76.9 cm³/mol. The molecule has 0 saturated carbocycles. The number of likely N-dealkylation sites (tertiary alicyclic amines) is 1. The highest BCUT2D eigenvalue weighted by Gasteiger charge is 2.18. The summed E-state index contributed by atoms with van der Waals surface area (Å²) in [6, 6.07) is 6.10. The van der Waals surface area contributed by atoms with Gasteiger partial charge in [0.25, 0.3) is 0 Å². The third kappa shape index (κ3) is 3.48. The summed E-state index contributed by atoms with van der Waals surface area (Å²) in [6.45, 7) is 6.13. The molecule has 2 heterocycles. The van der Waals surface area contributed by atoms with Gasteiger partial charge in [0.15, 0.2) is 0 Å². The quantitative estimate of drug-likeness (QED) is 0.846. The van der Waals surface area contributed by atoms with E-state index in [4.69, 9.17) is 16.4 Å². The van der Waals surface area contributed by atoms with Crippen molar-refractivity contribution in [1.82, 2.24) is 9.96 Å². The summed E-state index contributed by atoms with van der Waals surface area (Å²) >= 11 is 6.00. The number of rotatable bonds is 3. The van der Waals surface area contributed by atoms with E-state index in [0.29, 0.717) is 6.61 Å². The van der Waals surface area contributed by atoms with E-state index in [9.17, 15) is 0 Å². The van der Waals surface area contributed by atoms with E-state index in [1.165, 1.54) is 43.5 Å². The highest BCUT2D eigenvalue weighted by molar-refractivity contribution is 6.30. The van der Waals surface area contributed by atoms with Crippen LogP contribution in [-0.2, 0) is 18.0 Å². The summed E-state index contributed by atoms with van der Waals surface area (Å²) in [5.41, 5.74) is 2.57. The van der Waals surface area contributed by atoms with Crippen molar-refractivity contribution in [2.45, 2.75) is 32.4 Å². The third-order valence-electron chi connectivity index (χ3n) is 4.03. The Morgan fingerprint density at radius 3 is 2.74 bits per heavy atom. The number of hydrogen-bond acceptors (Lipinski definition) is 3. The largest absolute Gasteiger partial charge is 0.302 e. The molecule has 0 bridgehead atoms. The zero-order valence-electron chi connectivity index (χ0n) is 11.3. The second-order valence-corrected chi connectivity index (χ2v) is 5.89. The fraction of sp³-hybridized carbons (Fsp3) is 0.600. The Morgan fingerprint density at radius 1 is 1.05 bits per heavy atom. The van der Waals surface area contributed by atoms with Crippen molar-refractivity contribution >= 4 is 11.6 Å². The summed E-state index contributed by atoms with van der Waals surface area (Å²) in [7, 11) is 0. The molecule has 0 amide bonds. The van der Waals surface area contributed by atoms with E-state index in [1.807, 2.05) is 12.1 Å². The monoisotopic (exact) mass is 280 g/mol. The molecule has 0 aliphatic carbocycles.